The van der Waals surface area contributed by atoms with E-state index in [2.05, 4.69) is 34.5 Å². The van der Waals surface area contributed by atoms with Gasteiger partial charge in [0.2, 0.25) is 0 Å². The van der Waals surface area contributed by atoms with E-state index in [1.807, 2.05) is 13.1 Å². The number of benzene rings is 1. The molecule has 15 heavy (non-hydrogen) atoms. The van der Waals surface area contributed by atoms with Crippen LogP contribution in [0.15, 0.2) is 30.3 Å². The SMILES string of the molecule is CN[C@@H]1CN(Cc2ccccc2)C[C@H]1O. The van der Waals surface area contributed by atoms with Crippen molar-refractivity contribution in [2.75, 3.05) is 20.1 Å². The third kappa shape index (κ3) is 2.56. The number of rotatable bonds is 3. The van der Waals surface area contributed by atoms with Crippen LogP contribution < -0.4 is 5.32 Å². The van der Waals surface area contributed by atoms with Crippen molar-refractivity contribution >= 4 is 0 Å². The average Bonchev–Trinajstić information content (AvgIpc) is 2.60. The van der Waals surface area contributed by atoms with Gasteiger partial charge < -0.3 is 10.4 Å². The molecule has 3 nitrogen and oxygen atoms in total. The standard InChI is InChI=1S/C12H18N2O/c1-13-11-8-14(9-12(11)15)7-10-5-3-2-4-6-10/h2-6,11-13,15H,7-9H2,1H3/t11-,12-/m1/s1. The Labute approximate surface area is 90.7 Å². The number of β-amino-alcohol motifs (C(OH)–C–C–N with tert-alkyl or cyclic N) is 1. The number of hydrogen-bond acceptors (Lipinski definition) is 3. The quantitative estimate of drug-likeness (QED) is 0.754. The molecule has 0 radical (unpaired) electrons. The van der Waals surface area contributed by atoms with E-state index in [9.17, 15) is 5.11 Å². The van der Waals surface area contributed by atoms with E-state index in [1.165, 1.54) is 5.56 Å². The van der Waals surface area contributed by atoms with Crippen LogP contribution in [-0.4, -0.2) is 42.3 Å². The van der Waals surface area contributed by atoms with Crippen molar-refractivity contribution in [1.29, 1.82) is 0 Å². The summed E-state index contributed by atoms with van der Waals surface area (Å²) >= 11 is 0. The summed E-state index contributed by atoms with van der Waals surface area (Å²) in [5.74, 6) is 0. The molecule has 0 saturated carbocycles. The van der Waals surface area contributed by atoms with Crippen molar-refractivity contribution in [3.63, 3.8) is 0 Å². The van der Waals surface area contributed by atoms with Crippen LogP contribution >= 0.6 is 0 Å². The first-order chi connectivity index (χ1) is 7.29. The molecule has 3 heteroatoms. The normalized spacial score (nSPS) is 27.1. The Bertz CT molecular complexity index is 302. The molecule has 0 unspecified atom stereocenters. The highest BCUT2D eigenvalue weighted by Crippen LogP contribution is 2.13. The number of hydrogen-bond donors (Lipinski definition) is 2. The fourth-order valence-electron chi connectivity index (χ4n) is 2.12. The highest BCUT2D eigenvalue weighted by Gasteiger charge is 2.29. The van der Waals surface area contributed by atoms with Crippen molar-refractivity contribution in [1.82, 2.24) is 10.2 Å². The average molecular weight is 206 g/mol. The minimum atomic E-state index is -0.237. The third-order valence-corrected chi connectivity index (χ3v) is 2.98. The van der Waals surface area contributed by atoms with Crippen LogP contribution in [0.2, 0.25) is 0 Å². The summed E-state index contributed by atoms with van der Waals surface area (Å²) < 4.78 is 0. The molecule has 0 aliphatic carbocycles. The van der Waals surface area contributed by atoms with Crippen LogP contribution in [-0.2, 0) is 6.54 Å². The summed E-state index contributed by atoms with van der Waals surface area (Å²) in [6.45, 7) is 2.61. The Morgan fingerprint density at radius 2 is 2.07 bits per heavy atom. The van der Waals surface area contributed by atoms with Gasteiger partial charge in [-0.15, -0.1) is 0 Å². The van der Waals surface area contributed by atoms with E-state index in [0.717, 1.165) is 19.6 Å². The van der Waals surface area contributed by atoms with Gasteiger partial charge in [0.25, 0.3) is 0 Å². The largest absolute Gasteiger partial charge is 0.390 e. The number of nitrogens with one attached hydrogen (secondary N) is 1. The molecule has 2 N–H and O–H groups in total. The molecule has 0 spiro atoms. The van der Waals surface area contributed by atoms with Gasteiger partial charge in [0.05, 0.1) is 6.10 Å². The lowest BCUT2D eigenvalue weighted by atomic mass is 10.2. The summed E-state index contributed by atoms with van der Waals surface area (Å²) in [6, 6.07) is 10.6. The summed E-state index contributed by atoms with van der Waals surface area (Å²) in [7, 11) is 1.90. The molecule has 1 fully saturated rings. The van der Waals surface area contributed by atoms with E-state index < -0.39 is 0 Å². The van der Waals surface area contributed by atoms with Crippen LogP contribution in [0.25, 0.3) is 0 Å². The first-order valence-electron chi connectivity index (χ1n) is 5.41. The van der Waals surface area contributed by atoms with Gasteiger partial charge in [-0.1, -0.05) is 30.3 Å². The number of likely N-dealkylation sites (N-methyl/N-ethyl adjacent to an activating group) is 1. The number of aliphatic hydroxyl groups is 1. The summed E-state index contributed by atoms with van der Waals surface area (Å²) in [4.78, 5) is 2.28. The second kappa shape index (κ2) is 4.75. The van der Waals surface area contributed by atoms with Gasteiger partial charge in [-0.25, -0.2) is 0 Å². The molecular weight excluding hydrogens is 188 g/mol. The van der Waals surface area contributed by atoms with Crippen molar-refractivity contribution in [2.24, 2.45) is 0 Å². The zero-order valence-electron chi connectivity index (χ0n) is 9.06. The summed E-state index contributed by atoms with van der Waals surface area (Å²) in [5, 5.41) is 12.9. The molecule has 1 aliphatic rings. The molecule has 1 aliphatic heterocycles. The second-order valence-corrected chi connectivity index (χ2v) is 4.14. The van der Waals surface area contributed by atoms with Crippen molar-refractivity contribution in [3.05, 3.63) is 35.9 Å². The Balaban J connectivity index is 1.92. The maximum absolute atomic E-state index is 9.73. The highest BCUT2D eigenvalue weighted by molar-refractivity contribution is 5.14. The Hall–Kier alpha value is -0.900. The summed E-state index contributed by atoms with van der Waals surface area (Å²) in [5.41, 5.74) is 1.31. The van der Waals surface area contributed by atoms with Gasteiger partial charge in [0, 0.05) is 25.7 Å². The van der Waals surface area contributed by atoms with Crippen molar-refractivity contribution in [3.8, 4) is 0 Å². The van der Waals surface area contributed by atoms with E-state index in [-0.39, 0.29) is 12.1 Å². The summed E-state index contributed by atoms with van der Waals surface area (Å²) in [6.07, 6.45) is -0.237. The minimum Gasteiger partial charge on any atom is -0.390 e. The number of aliphatic hydroxyl groups excluding tert-OH is 1. The van der Waals surface area contributed by atoms with Crippen molar-refractivity contribution in [2.45, 2.75) is 18.7 Å². The highest BCUT2D eigenvalue weighted by atomic mass is 16.3. The van der Waals surface area contributed by atoms with Gasteiger partial charge >= 0.3 is 0 Å². The molecule has 82 valence electrons. The predicted octanol–water partition coefficient (Wildman–Crippen LogP) is 0.451. The molecule has 1 heterocycles. The van der Waals surface area contributed by atoms with E-state index in [0.29, 0.717) is 0 Å². The molecule has 1 aromatic carbocycles. The Morgan fingerprint density at radius 3 is 2.67 bits per heavy atom. The molecule has 1 saturated heterocycles. The molecule has 2 atom stereocenters. The van der Waals surface area contributed by atoms with Crippen LogP contribution in [0.4, 0.5) is 0 Å². The van der Waals surface area contributed by atoms with Gasteiger partial charge in [0.15, 0.2) is 0 Å². The fraction of sp³-hybridized carbons (Fsp3) is 0.500. The van der Waals surface area contributed by atoms with Crippen LogP contribution in [0.3, 0.4) is 0 Å². The third-order valence-electron chi connectivity index (χ3n) is 2.98. The smallest absolute Gasteiger partial charge is 0.0832 e. The Kier molecular flexibility index (Phi) is 3.36. The molecule has 0 amide bonds. The second-order valence-electron chi connectivity index (χ2n) is 4.14. The van der Waals surface area contributed by atoms with Crippen LogP contribution in [0.1, 0.15) is 5.56 Å². The molecule has 2 rings (SSSR count). The molecule has 0 aromatic heterocycles. The molecule has 1 aromatic rings. The van der Waals surface area contributed by atoms with Crippen LogP contribution in [0.5, 0.6) is 0 Å². The first-order valence-corrected chi connectivity index (χ1v) is 5.41. The van der Waals surface area contributed by atoms with E-state index in [4.69, 9.17) is 0 Å². The lowest BCUT2D eigenvalue weighted by molar-refractivity contribution is 0.156. The Morgan fingerprint density at radius 1 is 1.33 bits per heavy atom. The minimum absolute atomic E-state index is 0.216. The van der Waals surface area contributed by atoms with Gasteiger partial charge in [-0.2, -0.15) is 0 Å². The predicted molar refractivity (Wildman–Crippen MR) is 60.6 cm³/mol. The van der Waals surface area contributed by atoms with Gasteiger partial charge in [-0.3, -0.25) is 4.90 Å². The zero-order chi connectivity index (χ0) is 10.7. The maximum Gasteiger partial charge on any atom is 0.0832 e. The lowest BCUT2D eigenvalue weighted by Crippen LogP contribution is -2.36. The zero-order valence-corrected chi connectivity index (χ0v) is 9.06. The van der Waals surface area contributed by atoms with E-state index >= 15 is 0 Å². The fourth-order valence-corrected chi connectivity index (χ4v) is 2.12. The maximum atomic E-state index is 9.73. The monoisotopic (exact) mass is 206 g/mol. The number of nitrogens with zero attached hydrogens (tertiary/aromatic N) is 1. The molecule has 0 bridgehead atoms. The van der Waals surface area contributed by atoms with Gasteiger partial charge in [0.1, 0.15) is 0 Å². The topological polar surface area (TPSA) is 35.5 Å². The first kappa shape index (κ1) is 10.6. The van der Waals surface area contributed by atoms with E-state index in [1.54, 1.807) is 0 Å². The molecular formula is C12H18N2O. The lowest BCUT2D eigenvalue weighted by Gasteiger charge is -2.15. The number of likely N-dealkylation sites (tertiary alicyclic amines) is 1. The van der Waals surface area contributed by atoms with Crippen molar-refractivity contribution < 1.29 is 5.11 Å². The van der Waals surface area contributed by atoms with Gasteiger partial charge in [-0.05, 0) is 12.6 Å². The van der Waals surface area contributed by atoms with Crippen LogP contribution in [0, 0.1) is 0 Å².